The molecule has 0 saturated carbocycles. The van der Waals surface area contributed by atoms with E-state index in [9.17, 15) is 10.1 Å². The van der Waals surface area contributed by atoms with Gasteiger partial charge < -0.3 is 0 Å². The van der Waals surface area contributed by atoms with E-state index >= 15 is 0 Å². The molecule has 6 nitrogen and oxygen atoms in total. The molecule has 0 aliphatic rings. The second-order valence-electron chi connectivity index (χ2n) is 5.13. The van der Waals surface area contributed by atoms with Crippen LogP contribution in [-0.2, 0) is 11.4 Å². The zero-order valence-corrected chi connectivity index (χ0v) is 13.6. The van der Waals surface area contributed by atoms with Gasteiger partial charge in [-0.3, -0.25) is 15.0 Å². The van der Waals surface area contributed by atoms with Crippen molar-refractivity contribution in [2.75, 3.05) is 12.2 Å². The van der Waals surface area contributed by atoms with Gasteiger partial charge in [-0.15, -0.1) is 0 Å². The van der Waals surface area contributed by atoms with E-state index in [4.69, 9.17) is 16.4 Å². The summed E-state index contributed by atoms with van der Waals surface area (Å²) in [6, 6.07) is 15.9. The van der Waals surface area contributed by atoms with Crippen LogP contribution in [0.1, 0.15) is 5.56 Å². The topological polar surface area (TPSA) is 68.5 Å². The highest BCUT2D eigenvalue weighted by Crippen LogP contribution is 2.32. The Morgan fingerprint density at radius 2 is 1.96 bits per heavy atom. The predicted molar refractivity (Wildman–Crippen MR) is 93.0 cm³/mol. The maximum absolute atomic E-state index is 11.1. The molecule has 7 heteroatoms. The maximum Gasteiger partial charge on any atom is 0.270 e. The second kappa shape index (κ2) is 6.82. The Kier molecular flexibility index (Phi) is 4.59. The first-order valence-electron chi connectivity index (χ1n) is 7.19. The van der Waals surface area contributed by atoms with Crippen molar-refractivity contribution in [3.63, 3.8) is 0 Å². The molecule has 0 saturated heterocycles. The van der Waals surface area contributed by atoms with E-state index in [2.05, 4.69) is 4.98 Å². The van der Waals surface area contributed by atoms with Gasteiger partial charge in [-0.2, -0.15) is 0 Å². The first-order valence-corrected chi connectivity index (χ1v) is 7.56. The number of benzene rings is 2. The Morgan fingerprint density at radius 1 is 1.21 bits per heavy atom. The summed E-state index contributed by atoms with van der Waals surface area (Å²) in [5.74, 6) is 0. The molecule has 0 amide bonds. The molecule has 0 aliphatic heterocycles. The molecule has 3 aromatic rings. The van der Waals surface area contributed by atoms with E-state index in [1.54, 1.807) is 24.3 Å². The number of halogens is 1. The molecule has 3 rings (SSSR count). The fourth-order valence-corrected chi connectivity index (χ4v) is 2.68. The Balaban J connectivity index is 2.11. The number of anilines is 1. The third kappa shape index (κ3) is 3.29. The van der Waals surface area contributed by atoms with Crippen LogP contribution in [0.25, 0.3) is 10.9 Å². The Morgan fingerprint density at radius 3 is 2.62 bits per heavy atom. The van der Waals surface area contributed by atoms with Crippen LogP contribution < -0.4 is 5.06 Å². The van der Waals surface area contributed by atoms with Crippen LogP contribution in [-0.4, -0.2) is 17.0 Å². The monoisotopic (exact) mass is 343 g/mol. The standard InChI is InChI=1S/C17H14ClN3O3/c1-24-20(11-12-5-3-2-4-6-12)16-10-17(18)19-15-8-7-13(21(22)23)9-14(15)16/h2-10H,11H2,1H3. The summed E-state index contributed by atoms with van der Waals surface area (Å²) in [6.45, 7) is 0.468. The lowest BCUT2D eigenvalue weighted by Gasteiger charge is -2.23. The number of nitrogens with zero attached hydrogens (tertiary/aromatic N) is 3. The van der Waals surface area contributed by atoms with Crippen molar-refractivity contribution in [3.8, 4) is 0 Å². The minimum absolute atomic E-state index is 0.0105. The van der Waals surface area contributed by atoms with Gasteiger partial charge in [0.2, 0.25) is 0 Å². The quantitative estimate of drug-likeness (QED) is 0.391. The van der Waals surface area contributed by atoms with Crippen LogP contribution in [0.15, 0.2) is 54.6 Å². The van der Waals surface area contributed by atoms with Crippen LogP contribution in [0.4, 0.5) is 11.4 Å². The maximum atomic E-state index is 11.1. The van der Waals surface area contributed by atoms with E-state index in [-0.39, 0.29) is 5.69 Å². The molecule has 0 fully saturated rings. The van der Waals surface area contributed by atoms with Gasteiger partial charge in [0.25, 0.3) is 5.69 Å². The number of aromatic nitrogens is 1. The van der Waals surface area contributed by atoms with Crippen LogP contribution in [0, 0.1) is 10.1 Å². The average Bonchev–Trinajstić information content (AvgIpc) is 2.59. The van der Waals surface area contributed by atoms with E-state index in [1.807, 2.05) is 30.3 Å². The normalized spacial score (nSPS) is 10.8. The number of hydroxylamine groups is 1. The lowest BCUT2D eigenvalue weighted by atomic mass is 10.1. The van der Waals surface area contributed by atoms with Gasteiger partial charge in [-0.25, -0.2) is 10.0 Å². The van der Waals surface area contributed by atoms with Gasteiger partial charge in [-0.1, -0.05) is 41.9 Å². The van der Waals surface area contributed by atoms with Gasteiger partial charge >= 0.3 is 0 Å². The number of non-ortho nitro benzene ring substituents is 1. The van der Waals surface area contributed by atoms with E-state index in [1.165, 1.54) is 12.1 Å². The summed E-state index contributed by atoms with van der Waals surface area (Å²) < 4.78 is 0. The lowest BCUT2D eigenvalue weighted by Crippen LogP contribution is -2.21. The van der Waals surface area contributed by atoms with Gasteiger partial charge in [0, 0.05) is 23.6 Å². The summed E-state index contributed by atoms with van der Waals surface area (Å²) in [4.78, 5) is 20.3. The number of nitro groups is 1. The van der Waals surface area contributed by atoms with Gasteiger partial charge in [0.1, 0.15) is 5.15 Å². The molecule has 122 valence electrons. The Bertz CT molecular complexity index is 887. The van der Waals surface area contributed by atoms with Gasteiger partial charge in [-0.05, 0) is 11.6 Å². The molecule has 24 heavy (non-hydrogen) atoms. The van der Waals surface area contributed by atoms with Gasteiger partial charge in [0.15, 0.2) is 0 Å². The van der Waals surface area contributed by atoms with Crippen molar-refractivity contribution in [1.29, 1.82) is 0 Å². The summed E-state index contributed by atoms with van der Waals surface area (Å²) in [6.07, 6.45) is 0. The third-order valence-electron chi connectivity index (χ3n) is 3.61. The Labute approximate surface area is 143 Å². The number of fused-ring (bicyclic) bond motifs is 1. The minimum atomic E-state index is -0.438. The molecule has 0 bridgehead atoms. The van der Waals surface area contributed by atoms with Crippen molar-refractivity contribution >= 4 is 33.9 Å². The molecular formula is C17H14ClN3O3. The van der Waals surface area contributed by atoms with Crippen LogP contribution in [0.3, 0.4) is 0 Å². The second-order valence-corrected chi connectivity index (χ2v) is 5.51. The fourth-order valence-electron chi connectivity index (χ4n) is 2.48. The van der Waals surface area contributed by atoms with Crippen molar-refractivity contribution < 1.29 is 9.76 Å². The zero-order valence-electron chi connectivity index (χ0n) is 12.8. The zero-order chi connectivity index (χ0) is 17.1. The molecule has 0 unspecified atom stereocenters. The fraction of sp³-hybridized carbons (Fsp3) is 0.118. The van der Waals surface area contributed by atoms with Gasteiger partial charge in [0.05, 0.1) is 29.8 Å². The van der Waals surface area contributed by atoms with E-state index < -0.39 is 4.92 Å². The molecule has 0 spiro atoms. The van der Waals surface area contributed by atoms with Crippen molar-refractivity contribution in [2.24, 2.45) is 0 Å². The Hall–Kier alpha value is -2.70. The first kappa shape index (κ1) is 16.2. The summed E-state index contributed by atoms with van der Waals surface area (Å²) >= 11 is 6.10. The van der Waals surface area contributed by atoms with Crippen molar-refractivity contribution in [1.82, 2.24) is 4.98 Å². The van der Waals surface area contributed by atoms with Crippen LogP contribution in [0.5, 0.6) is 0 Å². The summed E-state index contributed by atoms with van der Waals surface area (Å²) in [5.41, 5.74) is 2.22. The highest BCUT2D eigenvalue weighted by molar-refractivity contribution is 6.30. The number of hydrogen-bond acceptors (Lipinski definition) is 5. The van der Waals surface area contributed by atoms with Crippen molar-refractivity contribution in [2.45, 2.75) is 6.54 Å². The number of pyridine rings is 1. The van der Waals surface area contributed by atoms with E-state index in [0.29, 0.717) is 28.3 Å². The molecule has 0 aliphatic carbocycles. The summed E-state index contributed by atoms with van der Waals surface area (Å²) in [7, 11) is 1.54. The number of nitro benzene ring substituents is 1. The molecule has 0 N–H and O–H groups in total. The molecule has 1 aromatic heterocycles. The average molecular weight is 344 g/mol. The highest BCUT2D eigenvalue weighted by atomic mass is 35.5. The highest BCUT2D eigenvalue weighted by Gasteiger charge is 2.16. The molecule has 0 atom stereocenters. The molecular weight excluding hydrogens is 330 g/mol. The SMILES string of the molecule is CON(Cc1ccccc1)c1cc(Cl)nc2ccc([N+](=O)[O-])cc12. The van der Waals surface area contributed by atoms with Crippen LogP contribution >= 0.6 is 11.6 Å². The van der Waals surface area contributed by atoms with E-state index in [0.717, 1.165) is 5.56 Å². The third-order valence-corrected chi connectivity index (χ3v) is 3.80. The number of hydrogen-bond donors (Lipinski definition) is 0. The minimum Gasteiger partial charge on any atom is -0.276 e. The van der Waals surface area contributed by atoms with Crippen molar-refractivity contribution in [3.05, 3.63) is 75.4 Å². The molecule has 1 heterocycles. The number of rotatable bonds is 5. The smallest absolute Gasteiger partial charge is 0.270 e. The molecule has 2 aromatic carbocycles. The molecule has 0 radical (unpaired) electrons. The lowest BCUT2D eigenvalue weighted by molar-refractivity contribution is -0.384. The summed E-state index contributed by atoms with van der Waals surface area (Å²) in [5, 5.41) is 13.6. The van der Waals surface area contributed by atoms with Crippen LogP contribution in [0.2, 0.25) is 5.15 Å². The predicted octanol–water partition coefficient (Wildman–Crippen LogP) is 4.36. The first-order chi connectivity index (χ1) is 11.6. The largest absolute Gasteiger partial charge is 0.276 e.